The van der Waals surface area contributed by atoms with Gasteiger partial charge in [0.25, 0.3) is 0 Å². The van der Waals surface area contributed by atoms with Gasteiger partial charge in [-0.3, -0.25) is 0 Å². The van der Waals surface area contributed by atoms with Crippen LogP contribution in [0.2, 0.25) is 0 Å². The second-order valence-corrected chi connectivity index (χ2v) is 10.1. The fourth-order valence-corrected chi connectivity index (χ4v) is 6.52. The average Bonchev–Trinajstić information content (AvgIpc) is 2.39. The zero-order valence-electron chi connectivity index (χ0n) is 11.6. The molecule has 100 valence electrons. The van der Waals surface area contributed by atoms with Crippen molar-refractivity contribution in [2.75, 3.05) is 0 Å². The van der Waals surface area contributed by atoms with E-state index >= 15 is 0 Å². The Morgan fingerprint density at radius 1 is 0.789 bits per heavy atom. The second-order valence-electron chi connectivity index (χ2n) is 5.59. The molecule has 0 amide bonds. The number of rotatable bonds is 3. The van der Waals surface area contributed by atoms with Crippen LogP contribution >= 0.6 is 12.1 Å². The van der Waals surface area contributed by atoms with Crippen LogP contribution in [0.5, 0.6) is 0 Å². The van der Waals surface area contributed by atoms with Crippen LogP contribution in [0.15, 0.2) is 60.7 Å². The van der Waals surface area contributed by atoms with Crippen LogP contribution in [0, 0.1) is 0 Å². The Kier molecular flexibility index (Phi) is 4.18. The summed E-state index contributed by atoms with van der Waals surface area (Å²) in [5.74, 6) is 0. The van der Waals surface area contributed by atoms with Crippen molar-refractivity contribution in [1.29, 1.82) is 0 Å². The number of hydrogen-bond donors (Lipinski definition) is 1. The van der Waals surface area contributed by atoms with E-state index in [2.05, 4.69) is 45.0 Å². The molecule has 0 saturated carbocycles. The Bertz CT molecular complexity index is 480. The fraction of sp³-hybridized carbons (Fsp3) is 0.250. The van der Waals surface area contributed by atoms with Crippen molar-refractivity contribution < 1.29 is 4.43 Å². The predicted molar refractivity (Wildman–Crippen MR) is 87.7 cm³/mol. The van der Waals surface area contributed by atoms with Crippen molar-refractivity contribution in [3.8, 4) is 0 Å². The van der Waals surface area contributed by atoms with Crippen molar-refractivity contribution in [2.45, 2.75) is 26.4 Å². The molecule has 0 aromatic heterocycles. The van der Waals surface area contributed by atoms with Crippen molar-refractivity contribution in [3.63, 3.8) is 0 Å². The standard InChI is InChI=1S/C16H20OSSi/c1-16(2,3)17-19(18,14-10-6-4-7-11-14)15-12-8-5-9-13-15/h4-13,18H,1-3H3. The molecule has 0 aliphatic heterocycles. The first-order valence-electron chi connectivity index (χ1n) is 6.45. The first kappa shape index (κ1) is 14.4. The first-order valence-corrected chi connectivity index (χ1v) is 9.65. The van der Waals surface area contributed by atoms with Crippen LogP contribution in [0.25, 0.3) is 0 Å². The van der Waals surface area contributed by atoms with Gasteiger partial charge in [0.05, 0.1) is 0 Å². The van der Waals surface area contributed by atoms with Crippen LogP contribution in [0.3, 0.4) is 0 Å². The zero-order valence-corrected chi connectivity index (χ0v) is 13.5. The first-order chi connectivity index (χ1) is 8.92. The number of benzene rings is 2. The molecule has 1 nitrogen and oxygen atoms in total. The highest BCUT2D eigenvalue weighted by atomic mass is 32.3. The molecule has 0 fully saturated rings. The molecule has 0 aliphatic carbocycles. The smallest absolute Gasteiger partial charge is 0.317 e. The van der Waals surface area contributed by atoms with Gasteiger partial charge in [0.15, 0.2) is 0 Å². The Hall–Kier alpha value is -1.03. The monoisotopic (exact) mass is 288 g/mol. The minimum atomic E-state index is -2.44. The van der Waals surface area contributed by atoms with Crippen molar-refractivity contribution >= 4 is 29.9 Å². The van der Waals surface area contributed by atoms with Crippen LogP contribution in [-0.2, 0) is 4.43 Å². The van der Waals surface area contributed by atoms with Gasteiger partial charge in [-0.2, -0.15) is 12.1 Å². The van der Waals surface area contributed by atoms with E-state index in [0.29, 0.717) is 0 Å². The molecular formula is C16H20OSSi. The summed E-state index contributed by atoms with van der Waals surface area (Å²) in [4.78, 5) is 0. The summed E-state index contributed by atoms with van der Waals surface area (Å²) in [6.07, 6.45) is 0. The Balaban J connectivity index is 2.51. The van der Waals surface area contributed by atoms with E-state index in [1.165, 1.54) is 10.4 Å². The lowest BCUT2D eigenvalue weighted by molar-refractivity contribution is 0.133. The van der Waals surface area contributed by atoms with Gasteiger partial charge in [0.2, 0.25) is 0 Å². The lowest BCUT2D eigenvalue weighted by Gasteiger charge is -2.34. The summed E-state index contributed by atoms with van der Waals surface area (Å²) in [6, 6.07) is 20.7. The summed E-state index contributed by atoms with van der Waals surface area (Å²) in [5.41, 5.74) is -0.223. The third-order valence-corrected chi connectivity index (χ3v) is 7.75. The van der Waals surface area contributed by atoms with E-state index in [4.69, 9.17) is 16.5 Å². The second kappa shape index (κ2) is 5.53. The summed E-state index contributed by atoms with van der Waals surface area (Å²) in [6.45, 7) is 6.24. The van der Waals surface area contributed by atoms with Crippen molar-refractivity contribution in [3.05, 3.63) is 60.7 Å². The molecule has 2 rings (SSSR count). The molecule has 0 unspecified atom stereocenters. The van der Waals surface area contributed by atoms with Gasteiger partial charge in [-0.1, -0.05) is 60.7 Å². The molecule has 0 heterocycles. The molecular weight excluding hydrogens is 268 g/mol. The van der Waals surface area contributed by atoms with Crippen LogP contribution in [0.1, 0.15) is 20.8 Å². The highest BCUT2D eigenvalue weighted by molar-refractivity contribution is 8.17. The molecule has 2 aromatic carbocycles. The predicted octanol–water partition coefficient (Wildman–Crippen LogP) is 2.99. The van der Waals surface area contributed by atoms with E-state index in [0.717, 1.165) is 0 Å². The maximum atomic E-state index is 6.40. The van der Waals surface area contributed by atoms with E-state index in [1.807, 2.05) is 36.4 Å². The highest BCUT2D eigenvalue weighted by Gasteiger charge is 2.39. The SMILES string of the molecule is CC(C)(C)O[Si](S)(c1ccccc1)c1ccccc1. The van der Waals surface area contributed by atoms with Gasteiger partial charge in [-0.05, 0) is 31.1 Å². The van der Waals surface area contributed by atoms with Gasteiger partial charge in [0, 0.05) is 5.60 Å². The maximum absolute atomic E-state index is 6.40. The molecule has 3 heteroatoms. The summed E-state index contributed by atoms with van der Waals surface area (Å²) in [5, 5.41) is 2.36. The molecule has 0 N–H and O–H groups in total. The Morgan fingerprint density at radius 3 is 1.47 bits per heavy atom. The normalized spacial score (nSPS) is 12.4. The molecule has 0 spiro atoms. The Morgan fingerprint density at radius 2 is 1.16 bits per heavy atom. The molecule has 0 atom stereocenters. The lowest BCUT2D eigenvalue weighted by Crippen LogP contribution is -2.59. The summed E-state index contributed by atoms with van der Waals surface area (Å²) >= 11 is 5.01. The van der Waals surface area contributed by atoms with Gasteiger partial charge in [0.1, 0.15) is 0 Å². The minimum absolute atomic E-state index is 0.223. The molecule has 0 aliphatic rings. The number of hydrogen-bond acceptors (Lipinski definition) is 2. The third-order valence-electron chi connectivity index (χ3n) is 2.78. The summed E-state index contributed by atoms with van der Waals surface area (Å²) in [7, 11) is -2.44. The van der Waals surface area contributed by atoms with Crippen LogP contribution in [0.4, 0.5) is 0 Å². The molecule has 2 aromatic rings. The maximum Gasteiger partial charge on any atom is 0.317 e. The molecule has 0 radical (unpaired) electrons. The van der Waals surface area contributed by atoms with E-state index in [1.54, 1.807) is 0 Å². The van der Waals surface area contributed by atoms with Crippen molar-refractivity contribution in [2.24, 2.45) is 0 Å². The molecule has 19 heavy (non-hydrogen) atoms. The Labute approximate surface area is 121 Å². The van der Waals surface area contributed by atoms with Gasteiger partial charge in [-0.15, -0.1) is 0 Å². The summed E-state index contributed by atoms with van der Waals surface area (Å²) < 4.78 is 6.40. The van der Waals surface area contributed by atoms with E-state index in [-0.39, 0.29) is 5.60 Å². The molecule has 0 bridgehead atoms. The van der Waals surface area contributed by atoms with Gasteiger partial charge >= 0.3 is 7.47 Å². The topological polar surface area (TPSA) is 9.23 Å². The quantitative estimate of drug-likeness (QED) is 0.675. The van der Waals surface area contributed by atoms with E-state index < -0.39 is 7.47 Å². The van der Waals surface area contributed by atoms with Gasteiger partial charge < -0.3 is 4.43 Å². The number of thiol groups is 1. The van der Waals surface area contributed by atoms with Crippen LogP contribution < -0.4 is 10.4 Å². The molecule has 0 saturated heterocycles. The fourth-order valence-electron chi connectivity index (χ4n) is 2.06. The van der Waals surface area contributed by atoms with Crippen LogP contribution in [-0.4, -0.2) is 13.1 Å². The van der Waals surface area contributed by atoms with E-state index in [9.17, 15) is 0 Å². The third kappa shape index (κ3) is 3.50. The lowest BCUT2D eigenvalue weighted by atomic mass is 10.2. The highest BCUT2D eigenvalue weighted by Crippen LogP contribution is 2.20. The zero-order chi connectivity index (χ0) is 13.9. The average molecular weight is 288 g/mol. The van der Waals surface area contributed by atoms with Crippen molar-refractivity contribution in [1.82, 2.24) is 0 Å². The minimum Gasteiger partial charge on any atom is -0.395 e. The largest absolute Gasteiger partial charge is 0.395 e. The van der Waals surface area contributed by atoms with Gasteiger partial charge in [-0.25, -0.2) is 0 Å².